The average Bonchev–Trinajstić information content (AvgIpc) is 2.70. The fourth-order valence-electron chi connectivity index (χ4n) is 1.61. The predicted molar refractivity (Wildman–Crippen MR) is 69.5 cm³/mol. The molecule has 0 saturated heterocycles. The lowest BCUT2D eigenvalue weighted by atomic mass is 10.2. The number of nitrogens with zero attached hydrogens (tertiary/aromatic N) is 4. The zero-order chi connectivity index (χ0) is 13.3. The second-order valence-corrected chi connectivity index (χ2v) is 4.43. The van der Waals surface area contributed by atoms with E-state index in [9.17, 15) is 10.1 Å². The Balaban J connectivity index is 2.62. The molecule has 94 valence electrons. The molecule has 1 heterocycles. The Morgan fingerprint density at radius 1 is 1.56 bits per heavy atom. The van der Waals surface area contributed by atoms with E-state index in [2.05, 4.69) is 26.2 Å². The van der Waals surface area contributed by atoms with Crippen LogP contribution >= 0.6 is 15.9 Å². The predicted octanol–water partition coefficient (Wildman–Crippen LogP) is 2.08. The van der Waals surface area contributed by atoms with Crippen molar-refractivity contribution in [1.82, 2.24) is 15.0 Å². The summed E-state index contributed by atoms with van der Waals surface area (Å²) in [5.74, 6) is 0.330. The summed E-state index contributed by atoms with van der Waals surface area (Å²) in [6, 6.07) is 4.45. The number of benzene rings is 1. The van der Waals surface area contributed by atoms with Crippen LogP contribution in [0, 0.1) is 10.1 Å². The van der Waals surface area contributed by atoms with Crippen LogP contribution in [0.2, 0.25) is 0 Å². The van der Waals surface area contributed by atoms with Crippen molar-refractivity contribution in [2.45, 2.75) is 13.3 Å². The zero-order valence-corrected chi connectivity index (χ0v) is 11.1. The van der Waals surface area contributed by atoms with Gasteiger partial charge in [0, 0.05) is 16.6 Å². The quantitative estimate of drug-likeness (QED) is 0.691. The first-order valence-electron chi connectivity index (χ1n) is 5.19. The number of nitro benzene ring substituents is 1. The monoisotopic (exact) mass is 311 g/mol. The van der Waals surface area contributed by atoms with E-state index in [-0.39, 0.29) is 5.69 Å². The second kappa shape index (κ2) is 4.73. The summed E-state index contributed by atoms with van der Waals surface area (Å²) in [6.07, 6.45) is 0.633. The molecule has 0 aliphatic heterocycles. The van der Waals surface area contributed by atoms with Gasteiger partial charge in [-0.05, 0) is 28.4 Å². The van der Waals surface area contributed by atoms with Gasteiger partial charge in [0.15, 0.2) is 5.82 Å². The topological polar surface area (TPSA) is 99.9 Å². The standard InChI is InChI=1S/C10H10BrN5O2/c1-2-8-10(12)13-14-15(8)9-5-6(16(17)18)3-4-7(9)11/h3-5H,2,12H2,1H3. The van der Waals surface area contributed by atoms with E-state index in [0.717, 1.165) is 5.69 Å². The lowest BCUT2D eigenvalue weighted by Crippen LogP contribution is -2.04. The lowest BCUT2D eigenvalue weighted by Gasteiger charge is -2.07. The molecule has 0 unspecified atom stereocenters. The number of nitro groups is 1. The van der Waals surface area contributed by atoms with Crippen LogP contribution in [-0.4, -0.2) is 19.9 Å². The maximum Gasteiger partial charge on any atom is 0.271 e. The van der Waals surface area contributed by atoms with E-state index >= 15 is 0 Å². The van der Waals surface area contributed by atoms with Crippen LogP contribution in [0.1, 0.15) is 12.6 Å². The van der Waals surface area contributed by atoms with Crippen molar-refractivity contribution in [3.8, 4) is 5.69 Å². The first-order chi connectivity index (χ1) is 8.54. The third kappa shape index (κ3) is 2.06. The zero-order valence-electron chi connectivity index (χ0n) is 9.50. The highest BCUT2D eigenvalue weighted by molar-refractivity contribution is 9.10. The molecular weight excluding hydrogens is 302 g/mol. The van der Waals surface area contributed by atoms with E-state index in [1.165, 1.54) is 16.8 Å². The maximum absolute atomic E-state index is 10.8. The Hall–Kier alpha value is -1.96. The molecule has 0 spiro atoms. The summed E-state index contributed by atoms with van der Waals surface area (Å²) in [4.78, 5) is 10.3. The van der Waals surface area contributed by atoms with Crippen molar-refractivity contribution in [1.29, 1.82) is 0 Å². The smallest absolute Gasteiger partial charge is 0.271 e. The van der Waals surface area contributed by atoms with Crippen molar-refractivity contribution in [2.24, 2.45) is 0 Å². The molecule has 7 nitrogen and oxygen atoms in total. The van der Waals surface area contributed by atoms with E-state index in [0.29, 0.717) is 22.4 Å². The minimum absolute atomic E-state index is 0.00988. The molecule has 0 atom stereocenters. The third-order valence-electron chi connectivity index (χ3n) is 2.50. The van der Waals surface area contributed by atoms with E-state index in [1.54, 1.807) is 6.07 Å². The maximum atomic E-state index is 10.8. The van der Waals surface area contributed by atoms with Crippen LogP contribution in [0.4, 0.5) is 11.5 Å². The second-order valence-electron chi connectivity index (χ2n) is 3.58. The van der Waals surface area contributed by atoms with Crippen LogP contribution in [0.15, 0.2) is 22.7 Å². The van der Waals surface area contributed by atoms with Crippen molar-refractivity contribution in [2.75, 3.05) is 5.73 Å². The third-order valence-corrected chi connectivity index (χ3v) is 3.17. The van der Waals surface area contributed by atoms with Gasteiger partial charge in [0.2, 0.25) is 0 Å². The van der Waals surface area contributed by atoms with Crippen molar-refractivity contribution >= 4 is 27.4 Å². The van der Waals surface area contributed by atoms with Crippen LogP contribution in [0.25, 0.3) is 5.69 Å². The number of nitrogens with two attached hydrogens (primary N) is 1. The molecule has 0 fully saturated rings. The molecule has 8 heteroatoms. The summed E-state index contributed by atoms with van der Waals surface area (Å²) in [7, 11) is 0. The summed E-state index contributed by atoms with van der Waals surface area (Å²) in [5, 5.41) is 18.5. The summed E-state index contributed by atoms with van der Waals surface area (Å²) >= 11 is 3.34. The molecule has 18 heavy (non-hydrogen) atoms. The Morgan fingerprint density at radius 3 is 2.89 bits per heavy atom. The van der Waals surface area contributed by atoms with E-state index < -0.39 is 4.92 Å². The van der Waals surface area contributed by atoms with Crippen molar-refractivity contribution in [3.63, 3.8) is 0 Å². The Bertz CT molecular complexity index is 610. The highest BCUT2D eigenvalue weighted by Gasteiger charge is 2.16. The minimum Gasteiger partial charge on any atom is -0.381 e. The van der Waals surface area contributed by atoms with Crippen LogP contribution in [0.5, 0.6) is 0 Å². The highest BCUT2D eigenvalue weighted by atomic mass is 79.9. The first kappa shape index (κ1) is 12.5. The van der Waals surface area contributed by atoms with Gasteiger partial charge < -0.3 is 5.73 Å². The number of anilines is 1. The minimum atomic E-state index is -0.457. The van der Waals surface area contributed by atoms with Crippen molar-refractivity contribution in [3.05, 3.63) is 38.5 Å². The van der Waals surface area contributed by atoms with Gasteiger partial charge in [0.1, 0.15) is 0 Å². The van der Waals surface area contributed by atoms with Crippen molar-refractivity contribution < 1.29 is 4.92 Å². The molecule has 0 bridgehead atoms. The Labute approximate surface area is 111 Å². The lowest BCUT2D eigenvalue weighted by molar-refractivity contribution is -0.384. The van der Waals surface area contributed by atoms with Gasteiger partial charge in [-0.3, -0.25) is 10.1 Å². The molecule has 2 aromatic rings. The summed E-state index contributed by atoms with van der Waals surface area (Å²) < 4.78 is 2.19. The van der Waals surface area contributed by atoms with Crippen LogP contribution in [-0.2, 0) is 6.42 Å². The molecule has 0 radical (unpaired) electrons. The summed E-state index contributed by atoms with van der Waals surface area (Å²) in [6.45, 7) is 1.91. The molecule has 2 rings (SSSR count). The number of nitrogen functional groups attached to an aromatic ring is 1. The largest absolute Gasteiger partial charge is 0.381 e. The highest BCUT2D eigenvalue weighted by Crippen LogP contribution is 2.27. The van der Waals surface area contributed by atoms with Crippen LogP contribution in [0.3, 0.4) is 0 Å². The molecule has 0 aliphatic carbocycles. The number of non-ortho nitro benzene ring substituents is 1. The van der Waals surface area contributed by atoms with Gasteiger partial charge in [-0.25, -0.2) is 4.68 Å². The fraction of sp³-hybridized carbons (Fsp3) is 0.200. The Kier molecular flexibility index (Phi) is 3.28. The normalized spacial score (nSPS) is 10.6. The Morgan fingerprint density at radius 2 is 2.28 bits per heavy atom. The first-order valence-corrected chi connectivity index (χ1v) is 5.98. The number of hydrogen-bond donors (Lipinski definition) is 1. The number of hydrogen-bond acceptors (Lipinski definition) is 5. The molecule has 0 aliphatic rings. The molecule has 0 saturated carbocycles. The van der Waals surface area contributed by atoms with Gasteiger partial charge >= 0.3 is 0 Å². The molecule has 2 N–H and O–H groups in total. The SMILES string of the molecule is CCc1c(N)nnn1-c1cc([N+](=O)[O-])ccc1Br. The summed E-state index contributed by atoms with van der Waals surface area (Å²) in [5.41, 5.74) is 6.95. The number of aromatic nitrogens is 3. The number of rotatable bonds is 3. The van der Waals surface area contributed by atoms with Gasteiger partial charge in [0.25, 0.3) is 5.69 Å². The van der Waals surface area contributed by atoms with Gasteiger partial charge in [-0.1, -0.05) is 12.1 Å². The van der Waals surface area contributed by atoms with E-state index in [1.807, 2.05) is 6.92 Å². The van der Waals surface area contributed by atoms with Crippen LogP contribution < -0.4 is 5.73 Å². The average molecular weight is 312 g/mol. The number of halogens is 1. The molecular formula is C10H10BrN5O2. The molecule has 1 aromatic carbocycles. The molecule has 0 amide bonds. The van der Waals surface area contributed by atoms with Gasteiger partial charge in [-0.2, -0.15) is 0 Å². The van der Waals surface area contributed by atoms with Gasteiger partial charge in [0.05, 0.1) is 16.3 Å². The van der Waals surface area contributed by atoms with E-state index in [4.69, 9.17) is 5.73 Å². The fourth-order valence-corrected chi connectivity index (χ4v) is 2.03. The molecule has 1 aromatic heterocycles. The van der Waals surface area contributed by atoms with Gasteiger partial charge in [-0.15, -0.1) is 5.10 Å².